The molecule has 1 fully saturated rings. The first kappa shape index (κ1) is 13.7. The zero-order valence-corrected chi connectivity index (χ0v) is 12.1. The van der Waals surface area contributed by atoms with Crippen LogP contribution in [-0.2, 0) is 4.79 Å². The van der Waals surface area contributed by atoms with E-state index in [1.165, 1.54) is 0 Å². The van der Waals surface area contributed by atoms with E-state index in [1.54, 1.807) is 18.5 Å². The van der Waals surface area contributed by atoms with Gasteiger partial charge in [-0.3, -0.25) is 4.79 Å². The van der Waals surface area contributed by atoms with Gasteiger partial charge in [0, 0.05) is 31.9 Å². The van der Waals surface area contributed by atoms with E-state index >= 15 is 0 Å². The van der Waals surface area contributed by atoms with Crippen molar-refractivity contribution >= 4 is 5.91 Å². The lowest BCUT2D eigenvalue weighted by atomic mass is 9.98. The van der Waals surface area contributed by atoms with Crippen molar-refractivity contribution in [1.82, 2.24) is 25.0 Å². The van der Waals surface area contributed by atoms with E-state index in [9.17, 15) is 4.79 Å². The van der Waals surface area contributed by atoms with Crippen LogP contribution in [0.1, 0.15) is 32.1 Å². The molecule has 1 saturated heterocycles. The van der Waals surface area contributed by atoms with E-state index in [2.05, 4.69) is 20.1 Å². The molecule has 0 unspecified atom stereocenters. The van der Waals surface area contributed by atoms with Crippen LogP contribution in [0.4, 0.5) is 0 Å². The molecule has 7 nitrogen and oxygen atoms in total. The Labute approximate surface area is 122 Å². The maximum Gasteiger partial charge on any atom is 0.240 e. The summed E-state index contributed by atoms with van der Waals surface area (Å²) in [5.41, 5.74) is 0. The van der Waals surface area contributed by atoms with Crippen molar-refractivity contribution in [3.63, 3.8) is 0 Å². The van der Waals surface area contributed by atoms with Crippen LogP contribution in [0.5, 0.6) is 0 Å². The topological polar surface area (TPSA) is 85.0 Å². The van der Waals surface area contributed by atoms with Gasteiger partial charge in [0.2, 0.25) is 23.4 Å². The molecule has 0 bridgehead atoms. The molecule has 0 atom stereocenters. The standard InChI is InChI=1S/C14H17N5O2/c1-9(2)6-11(20)19-7-10(8-19)14-17-13(18-21-14)12-15-4-3-5-16-12/h3-5,9-10H,6-8H2,1-2H3. The molecule has 0 radical (unpaired) electrons. The molecular weight excluding hydrogens is 270 g/mol. The molecule has 21 heavy (non-hydrogen) atoms. The van der Waals surface area contributed by atoms with Gasteiger partial charge in [-0.1, -0.05) is 19.0 Å². The molecule has 2 aromatic heterocycles. The zero-order chi connectivity index (χ0) is 14.8. The third kappa shape index (κ3) is 2.91. The maximum absolute atomic E-state index is 11.9. The largest absolute Gasteiger partial charge is 0.341 e. The van der Waals surface area contributed by atoms with Crippen LogP contribution in [0.3, 0.4) is 0 Å². The van der Waals surface area contributed by atoms with Gasteiger partial charge in [0.15, 0.2) is 0 Å². The highest BCUT2D eigenvalue weighted by Crippen LogP contribution is 2.27. The molecule has 0 N–H and O–H groups in total. The molecular formula is C14H17N5O2. The number of rotatable bonds is 4. The third-order valence-electron chi connectivity index (χ3n) is 3.37. The molecule has 110 valence electrons. The van der Waals surface area contributed by atoms with Gasteiger partial charge in [-0.05, 0) is 12.0 Å². The molecule has 2 aromatic rings. The van der Waals surface area contributed by atoms with Gasteiger partial charge in [-0.2, -0.15) is 4.98 Å². The predicted octanol–water partition coefficient (Wildman–Crippen LogP) is 1.50. The fourth-order valence-electron chi connectivity index (χ4n) is 2.22. The van der Waals surface area contributed by atoms with Gasteiger partial charge >= 0.3 is 0 Å². The predicted molar refractivity (Wildman–Crippen MR) is 74.1 cm³/mol. The lowest BCUT2D eigenvalue weighted by Gasteiger charge is -2.37. The SMILES string of the molecule is CC(C)CC(=O)N1CC(c2nc(-c3ncccn3)no2)C1. The molecule has 0 aromatic carbocycles. The van der Waals surface area contributed by atoms with Crippen molar-refractivity contribution in [3.05, 3.63) is 24.4 Å². The molecule has 0 spiro atoms. The normalized spacial score (nSPS) is 15.3. The van der Waals surface area contributed by atoms with Crippen molar-refractivity contribution in [3.8, 4) is 11.6 Å². The Kier molecular flexibility index (Phi) is 3.64. The number of likely N-dealkylation sites (tertiary alicyclic amines) is 1. The first-order chi connectivity index (χ1) is 10.1. The summed E-state index contributed by atoms with van der Waals surface area (Å²) in [7, 11) is 0. The summed E-state index contributed by atoms with van der Waals surface area (Å²) in [6, 6.07) is 1.73. The summed E-state index contributed by atoms with van der Waals surface area (Å²) in [4.78, 5) is 26.2. The van der Waals surface area contributed by atoms with Crippen molar-refractivity contribution in [2.24, 2.45) is 5.92 Å². The summed E-state index contributed by atoms with van der Waals surface area (Å²) in [5.74, 6) is 2.06. The molecule has 3 rings (SSSR count). The highest BCUT2D eigenvalue weighted by atomic mass is 16.5. The number of aromatic nitrogens is 4. The summed E-state index contributed by atoms with van der Waals surface area (Å²) in [5, 5.41) is 3.89. The Balaban J connectivity index is 1.61. The van der Waals surface area contributed by atoms with E-state index in [-0.39, 0.29) is 11.8 Å². The van der Waals surface area contributed by atoms with Gasteiger partial charge < -0.3 is 9.42 Å². The third-order valence-corrected chi connectivity index (χ3v) is 3.37. The zero-order valence-electron chi connectivity index (χ0n) is 12.1. The number of nitrogens with zero attached hydrogens (tertiary/aromatic N) is 5. The van der Waals surface area contributed by atoms with Crippen molar-refractivity contribution in [1.29, 1.82) is 0 Å². The summed E-state index contributed by atoms with van der Waals surface area (Å²) >= 11 is 0. The van der Waals surface area contributed by atoms with Gasteiger partial charge in [0.05, 0.1) is 5.92 Å². The summed E-state index contributed by atoms with van der Waals surface area (Å²) < 4.78 is 5.25. The number of carbonyl (C=O) groups excluding carboxylic acids is 1. The van der Waals surface area contributed by atoms with Crippen molar-refractivity contribution in [2.45, 2.75) is 26.2 Å². The highest BCUT2D eigenvalue weighted by molar-refractivity contribution is 5.77. The molecule has 3 heterocycles. The Morgan fingerprint density at radius 2 is 2.05 bits per heavy atom. The van der Waals surface area contributed by atoms with E-state index < -0.39 is 0 Å². The lowest BCUT2D eigenvalue weighted by Crippen LogP contribution is -2.48. The number of hydrogen-bond acceptors (Lipinski definition) is 6. The van der Waals surface area contributed by atoms with Crippen molar-refractivity contribution < 1.29 is 9.32 Å². The van der Waals surface area contributed by atoms with Crippen molar-refractivity contribution in [2.75, 3.05) is 13.1 Å². The smallest absolute Gasteiger partial charge is 0.240 e. The van der Waals surface area contributed by atoms with E-state index in [0.29, 0.717) is 43.0 Å². The number of amides is 1. The van der Waals surface area contributed by atoms with Gasteiger partial charge in [-0.15, -0.1) is 0 Å². The van der Waals surface area contributed by atoms with Crippen LogP contribution in [0, 0.1) is 5.92 Å². The monoisotopic (exact) mass is 287 g/mol. The first-order valence-corrected chi connectivity index (χ1v) is 7.02. The molecule has 0 saturated carbocycles. The minimum absolute atomic E-state index is 0.117. The fourth-order valence-corrected chi connectivity index (χ4v) is 2.22. The van der Waals surface area contributed by atoms with E-state index in [1.807, 2.05) is 18.7 Å². The summed E-state index contributed by atoms with van der Waals surface area (Å²) in [6.07, 6.45) is 3.85. The summed E-state index contributed by atoms with van der Waals surface area (Å²) in [6.45, 7) is 5.37. The molecule has 7 heteroatoms. The van der Waals surface area contributed by atoms with Crippen LogP contribution >= 0.6 is 0 Å². The van der Waals surface area contributed by atoms with Crippen LogP contribution in [0.25, 0.3) is 11.6 Å². The minimum Gasteiger partial charge on any atom is -0.341 e. The minimum atomic E-state index is 0.117. The quantitative estimate of drug-likeness (QED) is 0.847. The average molecular weight is 287 g/mol. The Morgan fingerprint density at radius 3 is 2.71 bits per heavy atom. The Morgan fingerprint density at radius 1 is 1.33 bits per heavy atom. The van der Waals surface area contributed by atoms with E-state index in [4.69, 9.17) is 4.52 Å². The second-order valence-electron chi connectivity index (χ2n) is 5.62. The number of carbonyl (C=O) groups is 1. The van der Waals surface area contributed by atoms with Crippen LogP contribution in [0.15, 0.2) is 23.0 Å². The molecule has 0 aliphatic carbocycles. The van der Waals surface area contributed by atoms with Crippen LogP contribution in [-0.4, -0.2) is 44.0 Å². The van der Waals surface area contributed by atoms with E-state index in [0.717, 1.165) is 0 Å². The molecule has 1 aliphatic rings. The molecule has 1 amide bonds. The Bertz CT molecular complexity index is 619. The maximum atomic E-state index is 11.9. The van der Waals surface area contributed by atoms with Crippen LogP contribution in [0.2, 0.25) is 0 Å². The van der Waals surface area contributed by atoms with Gasteiger partial charge in [-0.25, -0.2) is 9.97 Å². The lowest BCUT2D eigenvalue weighted by molar-refractivity contribution is -0.136. The molecule has 1 aliphatic heterocycles. The van der Waals surface area contributed by atoms with Crippen LogP contribution < -0.4 is 0 Å². The first-order valence-electron chi connectivity index (χ1n) is 7.02. The highest BCUT2D eigenvalue weighted by Gasteiger charge is 2.35. The number of hydrogen-bond donors (Lipinski definition) is 0. The Hall–Kier alpha value is -2.31. The fraction of sp³-hybridized carbons (Fsp3) is 0.500. The second-order valence-corrected chi connectivity index (χ2v) is 5.62. The second kappa shape index (κ2) is 5.59. The van der Waals surface area contributed by atoms with Gasteiger partial charge in [0.1, 0.15) is 0 Å². The van der Waals surface area contributed by atoms with Gasteiger partial charge in [0.25, 0.3) is 0 Å². The average Bonchev–Trinajstić information content (AvgIpc) is 2.86.